The van der Waals surface area contributed by atoms with E-state index < -0.39 is 0 Å². The second kappa shape index (κ2) is 16.4. The molecule has 0 spiro atoms. The number of unbranched alkanes of at least 4 members (excludes halogenated alkanes) is 4. The number of rotatable bonds is 10. The fourth-order valence-corrected chi connectivity index (χ4v) is 1.56. The Kier molecular flexibility index (Phi) is 17.9. The number of carbonyl (C=O) groups excluding carboxylic acids is 1. The Bertz CT molecular complexity index is 173. The molecule has 0 unspecified atom stereocenters. The lowest BCUT2D eigenvalue weighted by molar-refractivity contribution is -0.118. The number of alkyl halides is 1. The van der Waals surface area contributed by atoms with Crippen molar-refractivity contribution in [1.29, 1.82) is 0 Å². The molecule has 0 rings (SSSR count). The van der Waals surface area contributed by atoms with Crippen LogP contribution in [0, 0.1) is 0 Å². The standard InChI is InChI=1S/C8H17NO.C6H14FN/c1-2-3-4-5-6-7-8(9)10;1-3-8(4-2)6-5-7/h2-7H2,1H3,(H2,9,10);3-6H2,1-2H3. The highest BCUT2D eigenvalue weighted by Crippen LogP contribution is 2.03. The molecule has 0 aromatic carbocycles. The number of halogens is 1. The molecular weight excluding hydrogens is 231 g/mol. The van der Waals surface area contributed by atoms with Gasteiger partial charge in [0.2, 0.25) is 5.91 Å². The van der Waals surface area contributed by atoms with Gasteiger partial charge in [-0.3, -0.25) is 4.79 Å². The van der Waals surface area contributed by atoms with Gasteiger partial charge >= 0.3 is 0 Å². The highest BCUT2D eigenvalue weighted by molar-refractivity contribution is 5.73. The topological polar surface area (TPSA) is 46.3 Å². The predicted octanol–water partition coefficient (Wildman–Crippen LogP) is 3.13. The van der Waals surface area contributed by atoms with Crippen molar-refractivity contribution >= 4 is 5.91 Å². The maximum atomic E-state index is 11.6. The van der Waals surface area contributed by atoms with Crippen molar-refractivity contribution in [1.82, 2.24) is 4.90 Å². The molecule has 0 saturated carbocycles. The third kappa shape index (κ3) is 17.7. The van der Waals surface area contributed by atoms with Gasteiger partial charge in [-0.05, 0) is 19.5 Å². The third-order valence-electron chi connectivity index (χ3n) is 2.82. The predicted molar refractivity (Wildman–Crippen MR) is 76.3 cm³/mol. The van der Waals surface area contributed by atoms with E-state index in [0.29, 0.717) is 13.0 Å². The van der Waals surface area contributed by atoms with E-state index in [2.05, 4.69) is 11.8 Å². The molecule has 0 radical (unpaired) electrons. The molecular formula is C14H31FN2O. The average molecular weight is 262 g/mol. The van der Waals surface area contributed by atoms with Crippen LogP contribution in [-0.2, 0) is 4.79 Å². The van der Waals surface area contributed by atoms with Crippen LogP contribution in [-0.4, -0.2) is 37.1 Å². The van der Waals surface area contributed by atoms with E-state index >= 15 is 0 Å². The lowest BCUT2D eigenvalue weighted by atomic mass is 10.1. The van der Waals surface area contributed by atoms with Crippen LogP contribution in [0.3, 0.4) is 0 Å². The second-order valence-electron chi connectivity index (χ2n) is 4.35. The molecule has 0 atom stereocenters. The lowest BCUT2D eigenvalue weighted by Gasteiger charge is -2.14. The number of nitrogens with two attached hydrogens (primary N) is 1. The van der Waals surface area contributed by atoms with Crippen LogP contribution in [0.2, 0.25) is 0 Å². The number of carbonyl (C=O) groups is 1. The van der Waals surface area contributed by atoms with Gasteiger partial charge in [-0.1, -0.05) is 46.5 Å². The minimum atomic E-state index is -0.221. The number of amides is 1. The Labute approximate surface area is 112 Å². The van der Waals surface area contributed by atoms with E-state index in [4.69, 9.17) is 5.73 Å². The number of nitrogens with zero attached hydrogens (tertiary/aromatic N) is 1. The van der Waals surface area contributed by atoms with Gasteiger partial charge in [0.1, 0.15) is 6.67 Å². The molecule has 1 amide bonds. The number of hydrogen-bond donors (Lipinski definition) is 1. The number of primary amides is 1. The minimum absolute atomic E-state index is 0.170. The molecule has 0 bridgehead atoms. The summed E-state index contributed by atoms with van der Waals surface area (Å²) in [6, 6.07) is 0. The molecule has 110 valence electrons. The summed E-state index contributed by atoms with van der Waals surface area (Å²) in [5, 5.41) is 0. The summed E-state index contributed by atoms with van der Waals surface area (Å²) in [5.41, 5.74) is 4.97. The molecule has 18 heavy (non-hydrogen) atoms. The quantitative estimate of drug-likeness (QED) is 0.615. The van der Waals surface area contributed by atoms with Crippen LogP contribution in [0.25, 0.3) is 0 Å². The Morgan fingerprint density at radius 3 is 1.94 bits per heavy atom. The van der Waals surface area contributed by atoms with Gasteiger partial charge < -0.3 is 10.6 Å². The molecule has 4 heteroatoms. The molecule has 2 N–H and O–H groups in total. The van der Waals surface area contributed by atoms with Gasteiger partial charge in [0.15, 0.2) is 0 Å². The van der Waals surface area contributed by atoms with Crippen molar-refractivity contribution in [2.75, 3.05) is 26.3 Å². The van der Waals surface area contributed by atoms with E-state index in [1.165, 1.54) is 19.3 Å². The first kappa shape index (κ1) is 19.7. The van der Waals surface area contributed by atoms with Crippen LogP contribution < -0.4 is 5.73 Å². The van der Waals surface area contributed by atoms with Crippen molar-refractivity contribution in [2.45, 2.75) is 59.3 Å². The van der Waals surface area contributed by atoms with E-state index in [1.54, 1.807) is 0 Å². The molecule has 0 aromatic rings. The van der Waals surface area contributed by atoms with Crippen LogP contribution in [0.1, 0.15) is 59.3 Å². The lowest BCUT2D eigenvalue weighted by Crippen LogP contribution is -2.24. The van der Waals surface area contributed by atoms with Gasteiger partial charge in [0, 0.05) is 13.0 Å². The van der Waals surface area contributed by atoms with Crippen LogP contribution >= 0.6 is 0 Å². The first-order valence-electron chi connectivity index (χ1n) is 7.18. The maximum Gasteiger partial charge on any atom is 0.217 e. The van der Waals surface area contributed by atoms with Crippen molar-refractivity contribution < 1.29 is 9.18 Å². The van der Waals surface area contributed by atoms with Crippen LogP contribution in [0.4, 0.5) is 4.39 Å². The fourth-order valence-electron chi connectivity index (χ4n) is 1.56. The molecule has 0 fully saturated rings. The minimum Gasteiger partial charge on any atom is -0.370 e. The Morgan fingerprint density at radius 2 is 1.61 bits per heavy atom. The van der Waals surface area contributed by atoms with Gasteiger partial charge in [-0.2, -0.15) is 0 Å². The molecule has 0 aromatic heterocycles. The first-order chi connectivity index (χ1) is 8.62. The molecule has 3 nitrogen and oxygen atoms in total. The zero-order chi connectivity index (χ0) is 14.2. The van der Waals surface area contributed by atoms with Crippen LogP contribution in [0.5, 0.6) is 0 Å². The largest absolute Gasteiger partial charge is 0.370 e. The summed E-state index contributed by atoms with van der Waals surface area (Å²) >= 11 is 0. The van der Waals surface area contributed by atoms with Gasteiger partial charge in [-0.25, -0.2) is 4.39 Å². The van der Waals surface area contributed by atoms with Crippen molar-refractivity contribution in [3.05, 3.63) is 0 Å². The summed E-state index contributed by atoms with van der Waals surface area (Å²) in [7, 11) is 0. The van der Waals surface area contributed by atoms with E-state index in [1.807, 2.05) is 13.8 Å². The Morgan fingerprint density at radius 1 is 1.06 bits per heavy atom. The Hall–Kier alpha value is -0.640. The summed E-state index contributed by atoms with van der Waals surface area (Å²) in [6.07, 6.45) is 6.44. The van der Waals surface area contributed by atoms with E-state index in [0.717, 1.165) is 25.9 Å². The van der Waals surface area contributed by atoms with Crippen LogP contribution in [0.15, 0.2) is 0 Å². The van der Waals surface area contributed by atoms with Crippen molar-refractivity contribution in [3.8, 4) is 0 Å². The normalized spacial score (nSPS) is 10.1. The molecule has 0 heterocycles. The average Bonchev–Trinajstić information content (AvgIpc) is 2.36. The second-order valence-corrected chi connectivity index (χ2v) is 4.35. The Balaban J connectivity index is 0. The third-order valence-corrected chi connectivity index (χ3v) is 2.82. The SMILES string of the molecule is CCCCCCCC(N)=O.CCN(CC)CCF. The zero-order valence-corrected chi connectivity index (χ0v) is 12.4. The maximum absolute atomic E-state index is 11.6. The first-order valence-corrected chi connectivity index (χ1v) is 7.18. The highest BCUT2D eigenvalue weighted by Gasteiger charge is 1.94. The molecule has 0 saturated heterocycles. The summed E-state index contributed by atoms with van der Waals surface area (Å²) in [6.45, 7) is 8.54. The number of hydrogen-bond acceptors (Lipinski definition) is 2. The summed E-state index contributed by atoms with van der Waals surface area (Å²) in [5.74, 6) is -0.170. The van der Waals surface area contributed by atoms with Crippen molar-refractivity contribution in [3.63, 3.8) is 0 Å². The highest BCUT2D eigenvalue weighted by atomic mass is 19.1. The van der Waals surface area contributed by atoms with Crippen molar-refractivity contribution in [2.24, 2.45) is 5.73 Å². The molecule has 0 aliphatic carbocycles. The smallest absolute Gasteiger partial charge is 0.217 e. The van der Waals surface area contributed by atoms with Gasteiger partial charge in [0.25, 0.3) is 0 Å². The summed E-state index contributed by atoms with van der Waals surface area (Å²) < 4.78 is 11.6. The van der Waals surface area contributed by atoms with E-state index in [9.17, 15) is 9.18 Å². The fraction of sp³-hybridized carbons (Fsp3) is 0.929. The monoisotopic (exact) mass is 262 g/mol. The zero-order valence-electron chi connectivity index (χ0n) is 12.4. The van der Waals surface area contributed by atoms with Gasteiger partial charge in [0.05, 0.1) is 0 Å². The van der Waals surface area contributed by atoms with Gasteiger partial charge in [-0.15, -0.1) is 0 Å². The van der Waals surface area contributed by atoms with E-state index in [-0.39, 0.29) is 12.6 Å². The summed E-state index contributed by atoms with van der Waals surface area (Å²) in [4.78, 5) is 12.3. The molecule has 0 aliphatic heterocycles. The molecule has 0 aliphatic rings.